The minimum absolute atomic E-state index is 0.0372. The first-order chi connectivity index (χ1) is 47.4. The van der Waals surface area contributed by atoms with Crippen molar-refractivity contribution in [3.8, 4) is 11.5 Å². The molecule has 0 saturated carbocycles. The molecule has 99 heavy (non-hydrogen) atoms. The maximum atomic E-state index is 13.8. The van der Waals surface area contributed by atoms with Crippen LogP contribution < -0.4 is 50.3 Å². The average molecular weight is 1450 g/mol. The zero-order valence-corrected chi connectivity index (χ0v) is 60.1. The lowest BCUT2D eigenvalue weighted by Crippen LogP contribution is -2.30. The number of aromatic nitrogens is 5. The number of benzene rings is 4. The molecule has 9 rings (SSSR count). The number of amides is 2. The van der Waals surface area contributed by atoms with Crippen LogP contribution in [-0.4, -0.2) is 147 Å². The number of carbonyl (C=O) groups is 4. The van der Waals surface area contributed by atoms with Crippen molar-refractivity contribution in [3.05, 3.63) is 93.7 Å². The molecule has 2 aliphatic heterocycles. The first-order valence-corrected chi connectivity index (χ1v) is 37.4. The van der Waals surface area contributed by atoms with E-state index in [1.807, 2.05) is 46.8 Å². The summed E-state index contributed by atoms with van der Waals surface area (Å²) in [6.45, 7) is 17.6. The van der Waals surface area contributed by atoms with E-state index in [0.717, 1.165) is 84.7 Å². The summed E-state index contributed by atoms with van der Waals surface area (Å²) in [4.78, 5) is 87.0. The summed E-state index contributed by atoms with van der Waals surface area (Å²) < 4.78 is 79.0. The van der Waals surface area contributed by atoms with Crippen LogP contribution in [-0.2, 0) is 39.4 Å². The lowest BCUT2D eigenvalue weighted by Gasteiger charge is -2.27. The van der Waals surface area contributed by atoms with Crippen LogP contribution in [0.3, 0.4) is 0 Å². The minimum Gasteiger partial charge on any atom is -0.494 e. The Kier molecular flexibility index (Phi) is 25.0. The molecule has 34 heteroatoms. The van der Waals surface area contributed by atoms with E-state index in [2.05, 4.69) is 51.1 Å². The van der Waals surface area contributed by atoms with Gasteiger partial charge >= 0.3 is 0 Å². The molecule has 0 radical (unpaired) electrons. The fraction of sp³-hybridized carbons (Fsp3) is 0.369. The normalized spacial score (nSPS) is 14.0. The highest BCUT2D eigenvalue weighted by Crippen LogP contribution is 2.45. The van der Waals surface area contributed by atoms with Crippen molar-refractivity contribution >= 4 is 169 Å². The smallest absolute Gasteiger partial charge is 0.294 e. The highest BCUT2D eigenvalue weighted by Gasteiger charge is 2.27. The van der Waals surface area contributed by atoms with E-state index in [1.165, 1.54) is 74.2 Å². The van der Waals surface area contributed by atoms with Gasteiger partial charge in [-0.2, -0.15) is 41.8 Å². The van der Waals surface area contributed by atoms with Crippen molar-refractivity contribution < 1.29 is 54.6 Å². The largest absolute Gasteiger partial charge is 0.494 e. The van der Waals surface area contributed by atoms with Gasteiger partial charge in [0.15, 0.2) is 16.7 Å². The molecule has 2 saturated heterocycles. The van der Waals surface area contributed by atoms with E-state index in [1.54, 1.807) is 26.4 Å². The number of ether oxygens (including phenoxy) is 2. The lowest BCUT2D eigenvalue weighted by atomic mass is 10.1. The first-order valence-electron chi connectivity index (χ1n) is 31.9. The third-order valence-electron chi connectivity index (χ3n) is 15.8. The molecule has 0 spiro atoms. The second kappa shape index (κ2) is 33.5. The molecule has 2 amide bonds. The predicted molar refractivity (Wildman–Crippen MR) is 388 cm³/mol. The fourth-order valence-electron chi connectivity index (χ4n) is 10.9. The SMILES string of the molecule is CCSc1nc(Nc2cc(N(CC)CC)c(OC)cc2N=Nc2nc(N3CCCCC3)c(/C=C(/C(C)=O)C(=O)Nc3cccc(S(=O)(=O)O)c3)s2)nc(Nc2cc(N(CC)CC)c(OC)cc2N=Nc2nc(N3CCCCC3)c(/C=C(\C(C)=O)C(=O)Nc3cccc(S(=O)(=O)O)c3)s2)n1. The number of thioether (sulfide) groups is 1. The number of thiazole rings is 2. The maximum Gasteiger partial charge on any atom is 0.294 e. The number of piperidine rings is 2. The molecule has 0 unspecified atom stereocenters. The topological polar surface area (TPSA) is 370 Å². The second-order valence-corrected chi connectivity index (χ2v) is 28.5. The average Bonchev–Trinajstić information content (AvgIpc) is 1.73. The van der Waals surface area contributed by atoms with Crippen LogP contribution in [0.2, 0.25) is 0 Å². The van der Waals surface area contributed by atoms with Gasteiger partial charge in [0.1, 0.15) is 34.5 Å². The Bertz CT molecular complexity index is 4230. The van der Waals surface area contributed by atoms with E-state index in [9.17, 15) is 45.1 Å². The van der Waals surface area contributed by atoms with E-state index >= 15 is 0 Å². The number of carbonyl (C=O) groups excluding carboxylic acids is 4. The Balaban J connectivity index is 1.10. The Morgan fingerprint density at radius 2 is 0.960 bits per heavy atom. The highest BCUT2D eigenvalue weighted by molar-refractivity contribution is 7.99. The van der Waals surface area contributed by atoms with Crippen LogP contribution in [0.4, 0.5) is 79.3 Å². The van der Waals surface area contributed by atoms with Crippen molar-refractivity contribution in [2.45, 2.75) is 102 Å². The number of ketones is 2. The summed E-state index contributed by atoms with van der Waals surface area (Å²) in [5.74, 6) is -0.00813. The summed E-state index contributed by atoms with van der Waals surface area (Å²) in [6, 6.07) is 17.2. The van der Waals surface area contributed by atoms with Gasteiger partial charge in [0.05, 0.1) is 67.7 Å². The predicted octanol–water partition coefficient (Wildman–Crippen LogP) is 13.6. The molecule has 2 fully saturated rings. The molecule has 29 nitrogen and oxygen atoms in total. The highest BCUT2D eigenvalue weighted by atomic mass is 32.2. The van der Waals surface area contributed by atoms with Crippen LogP contribution in [0, 0.1) is 0 Å². The number of Topliss-reactive ketones (excluding diaryl/α,β-unsaturated/α-hetero) is 2. The number of hydrogen-bond donors (Lipinski definition) is 6. The van der Waals surface area contributed by atoms with Gasteiger partial charge in [-0.15, -0.1) is 20.5 Å². The number of anilines is 10. The molecule has 4 aromatic carbocycles. The summed E-state index contributed by atoms with van der Waals surface area (Å²) in [7, 11) is -6.07. The molecule has 6 N–H and O–H groups in total. The Hall–Kier alpha value is -9.32. The van der Waals surface area contributed by atoms with Crippen molar-refractivity contribution in [1.29, 1.82) is 0 Å². The number of nitrogens with zero attached hydrogens (tertiary/aromatic N) is 13. The Labute approximate surface area is 586 Å². The molecule has 0 atom stereocenters. The molecule has 2 aliphatic rings. The third kappa shape index (κ3) is 18.9. The number of rotatable bonds is 30. The summed E-state index contributed by atoms with van der Waals surface area (Å²) >= 11 is 3.58. The van der Waals surface area contributed by atoms with Gasteiger partial charge in [0, 0.05) is 75.9 Å². The number of hydrogen-bond acceptors (Lipinski definition) is 28. The van der Waals surface area contributed by atoms with E-state index in [-0.39, 0.29) is 44.7 Å². The minimum atomic E-state index is -4.59. The van der Waals surface area contributed by atoms with Crippen LogP contribution in [0.15, 0.2) is 119 Å². The second-order valence-electron chi connectivity index (χ2n) is 22.4. The van der Waals surface area contributed by atoms with E-state index < -0.39 is 53.4 Å². The zero-order chi connectivity index (χ0) is 71.1. The van der Waals surface area contributed by atoms with E-state index in [4.69, 9.17) is 44.6 Å². The number of azo groups is 2. The molecule has 0 aliphatic carbocycles. The van der Waals surface area contributed by atoms with Gasteiger partial charge < -0.3 is 50.3 Å². The van der Waals surface area contributed by atoms with Gasteiger partial charge in [-0.3, -0.25) is 28.3 Å². The summed E-state index contributed by atoms with van der Waals surface area (Å²) in [5.41, 5.74) is 2.46. The summed E-state index contributed by atoms with van der Waals surface area (Å²) in [6.07, 6.45) is 8.40. The first kappa shape index (κ1) is 73.9. The molecule has 5 heterocycles. The van der Waals surface area contributed by atoms with Crippen molar-refractivity contribution in [2.75, 3.05) is 113 Å². The monoisotopic (exact) mass is 1450 g/mol. The number of nitrogens with one attached hydrogen (secondary N) is 4. The molecule has 3 aromatic heterocycles. The van der Waals surface area contributed by atoms with Gasteiger partial charge in [-0.25, -0.2) is 0 Å². The Morgan fingerprint density at radius 1 is 0.566 bits per heavy atom. The molecule has 7 aromatic rings. The van der Waals surface area contributed by atoms with Gasteiger partial charge in [0.2, 0.25) is 22.2 Å². The maximum absolute atomic E-state index is 13.8. The van der Waals surface area contributed by atoms with E-state index in [0.29, 0.717) is 119 Å². The van der Waals surface area contributed by atoms with Gasteiger partial charge in [-0.05, 0) is 147 Å². The molecular formula is C65H77N17O12S5. The third-order valence-corrected chi connectivity index (χ3v) is 20.0. The number of methoxy groups -OCH3 is 2. The van der Waals surface area contributed by atoms with Crippen LogP contribution >= 0.6 is 34.4 Å². The standard InChI is InChI=1S/C65H77N17O12S5/c1-10-79(11-2)51-35-47(49(37-53(51)93-8)75-77-64-70-57(81-27-17-15-18-28-81)55(96-64)33-45(39(6)83)59(85)66-41-23-21-25-43(31-41)98(87,88)89)68-61-72-62(74-63(73-61)95-14-5)69-48-36-52(80(12-3)13-4)54(94-9)38-50(48)76-78-65-71-58(82-29-19-16-20-30-82)56(97-65)34-46(40(7)84)60(86)67-42-24-22-26-44(32-42)99(90,91)92/h21-26,31-38H,10-20,27-30H2,1-9H3,(H,66,85)(H,67,86)(H,87,88,89)(H,90,91,92)(H2,68,69,72,73,74)/b45-33-,46-34+,77-75?,78-76?. The lowest BCUT2D eigenvalue weighted by molar-refractivity contribution is -0.120. The van der Waals surface area contributed by atoms with Crippen molar-refractivity contribution in [3.63, 3.8) is 0 Å². The fourth-order valence-corrected chi connectivity index (χ4v) is 14.2. The summed E-state index contributed by atoms with van der Waals surface area (Å²) in [5, 5.41) is 31.6. The van der Waals surface area contributed by atoms with Crippen LogP contribution in [0.1, 0.15) is 96.7 Å². The quantitative estimate of drug-likeness (QED) is 0.00608. The van der Waals surface area contributed by atoms with Crippen LogP contribution in [0.25, 0.3) is 12.2 Å². The van der Waals surface area contributed by atoms with Crippen molar-refractivity contribution in [2.24, 2.45) is 20.5 Å². The molecular weight excluding hydrogens is 1370 g/mol. The molecule has 0 bridgehead atoms. The van der Waals surface area contributed by atoms with Crippen LogP contribution in [0.5, 0.6) is 11.5 Å². The van der Waals surface area contributed by atoms with Gasteiger partial charge in [-0.1, -0.05) is 53.5 Å². The van der Waals surface area contributed by atoms with Crippen molar-refractivity contribution in [1.82, 2.24) is 24.9 Å². The zero-order valence-electron chi connectivity index (χ0n) is 56.0. The molecule has 524 valence electrons. The Morgan fingerprint density at radius 3 is 1.30 bits per heavy atom. The van der Waals surface area contributed by atoms with Gasteiger partial charge in [0.25, 0.3) is 32.1 Å².